The number of hydrogen-bond acceptors (Lipinski definition) is 7. The van der Waals surface area contributed by atoms with E-state index in [2.05, 4.69) is 10.3 Å². The first kappa shape index (κ1) is 28.2. The molecule has 1 aliphatic heterocycles. The van der Waals surface area contributed by atoms with Crippen LogP contribution in [0.5, 0.6) is 0 Å². The highest BCUT2D eigenvalue weighted by Gasteiger charge is 2.32. The van der Waals surface area contributed by atoms with E-state index in [4.69, 9.17) is 16.3 Å². The van der Waals surface area contributed by atoms with Gasteiger partial charge >= 0.3 is 5.97 Å². The van der Waals surface area contributed by atoms with Crippen molar-refractivity contribution < 1.29 is 22.7 Å². The molecule has 8 nitrogen and oxygen atoms in total. The Morgan fingerprint density at radius 3 is 2.55 bits per heavy atom. The van der Waals surface area contributed by atoms with Crippen LogP contribution < -0.4 is 5.32 Å². The van der Waals surface area contributed by atoms with E-state index in [-0.39, 0.29) is 23.1 Å². The fourth-order valence-corrected chi connectivity index (χ4v) is 7.04. The predicted molar refractivity (Wildman–Crippen MR) is 147 cm³/mol. The first-order chi connectivity index (χ1) is 18.2. The van der Waals surface area contributed by atoms with Gasteiger partial charge in [-0.25, -0.2) is 18.2 Å². The number of aryl methyl sites for hydroxylation is 1. The van der Waals surface area contributed by atoms with Gasteiger partial charge in [-0.15, -0.1) is 11.3 Å². The highest BCUT2D eigenvalue weighted by atomic mass is 35.5. The monoisotopic (exact) mass is 575 g/mol. The highest BCUT2D eigenvalue weighted by Crippen LogP contribution is 2.33. The minimum Gasteiger partial charge on any atom is -0.464 e. The molecule has 1 N–H and O–H groups in total. The molecule has 4 rings (SSSR count). The summed E-state index contributed by atoms with van der Waals surface area (Å²) in [6, 6.07) is 13.3. The van der Waals surface area contributed by atoms with Crippen LogP contribution in [0.3, 0.4) is 0 Å². The summed E-state index contributed by atoms with van der Waals surface area (Å²) in [5.74, 6) is -0.902. The second kappa shape index (κ2) is 12.4. The molecule has 0 bridgehead atoms. The van der Waals surface area contributed by atoms with Crippen LogP contribution in [0.15, 0.2) is 58.8 Å². The van der Waals surface area contributed by atoms with Gasteiger partial charge < -0.3 is 10.1 Å². The summed E-state index contributed by atoms with van der Waals surface area (Å²) in [6.45, 7) is 4.46. The molecule has 2 heterocycles. The topological polar surface area (TPSA) is 106 Å². The lowest BCUT2D eigenvalue weighted by Gasteiger charge is -2.30. The molecule has 1 atom stereocenters. The largest absolute Gasteiger partial charge is 0.464 e. The van der Waals surface area contributed by atoms with E-state index in [9.17, 15) is 18.0 Å². The number of nitrogens with zero attached hydrogens (tertiary/aromatic N) is 2. The number of nitrogens with one attached hydrogen (secondary N) is 1. The summed E-state index contributed by atoms with van der Waals surface area (Å²) in [5.41, 5.74) is 1.96. The van der Waals surface area contributed by atoms with Gasteiger partial charge in [-0.1, -0.05) is 48.0 Å². The Balaban J connectivity index is 1.39. The lowest BCUT2D eigenvalue weighted by molar-refractivity contribution is -0.145. The average molecular weight is 576 g/mol. The van der Waals surface area contributed by atoms with E-state index >= 15 is 0 Å². The SMILES string of the molecule is CCOC(=O)C(Cc1ccccc1)NC(=O)c1csc(C2CCN(S(=O)(=O)c3ccc(C)c(Cl)c3)CC2)n1. The number of benzene rings is 2. The van der Waals surface area contributed by atoms with Crippen LogP contribution in [0.25, 0.3) is 0 Å². The Kier molecular flexibility index (Phi) is 9.19. The van der Waals surface area contributed by atoms with Gasteiger partial charge in [-0.05, 0) is 49.9 Å². The zero-order chi connectivity index (χ0) is 27.3. The molecule has 1 aliphatic rings. The number of ether oxygens (including phenoxy) is 1. The molecule has 0 radical (unpaired) electrons. The fourth-order valence-electron chi connectivity index (χ4n) is 4.32. The number of rotatable bonds is 9. The minimum atomic E-state index is -3.64. The lowest BCUT2D eigenvalue weighted by atomic mass is 9.99. The molecule has 0 saturated carbocycles. The molecule has 2 aromatic carbocycles. The third kappa shape index (κ3) is 6.61. The van der Waals surface area contributed by atoms with Crippen LogP contribution in [0, 0.1) is 6.92 Å². The number of aromatic nitrogens is 1. The maximum atomic E-state index is 13.1. The lowest BCUT2D eigenvalue weighted by Crippen LogP contribution is -2.43. The van der Waals surface area contributed by atoms with E-state index in [1.807, 2.05) is 37.3 Å². The molecule has 1 amide bonds. The summed E-state index contributed by atoms with van der Waals surface area (Å²) in [4.78, 5) is 30.2. The second-order valence-corrected chi connectivity index (χ2v) is 12.4. The smallest absolute Gasteiger partial charge is 0.328 e. The highest BCUT2D eigenvalue weighted by molar-refractivity contribution is 7.89. The number of carbonyl (C=O) groups excluding carboxylic acids is 2. The minimum absolute atomic E-state index is 0.0415. The molecular weight excluding hydrogens is 546 g/mol. The standard InChI is InChI=1S/C27H30ClN3O5S2/c1-3-36-27(33)23(15-19-7-5-4-6-8-19)29-25(32)24-17-37-26(30-24)20-11-13-31(14-12-20)38(34,35)21-10-9-18(2)22(28)16-21/h4-10,16-17,20,23H,3,11-15H2,1-2H3,(H,29,32). The van der Waals surface area contributed by atoms with Crippen LogP contribution in [-0.4, -0.2) is 55.3 Å². The van der Waals surface area contributed by atoms with Crippen LogP contribution in [0.4, 0.5) is 0 Å². The van der Waals surface area contributed by atoms with Gasteiger partial charge in [0.15, 0.2) is 0 Å². The van der Waals surface area contributed by atoms with Gasteiger partial charge in [0, 0.05) is 35.8 Å². The third-order valence-electron chi connectivity index (χ3n) is 6.50. The van der Waals surface area contributed by atoms with Crippen molar-refractivity contribution in [2.24, 2.45) is 0 Å². The number of thiazole rings is 1. The Labute approximate surface area is 232 Å². The van der Waals surface area contributed by atoms with E-state index < -0.39 is 27.9 Å². The number of sulfonamides is 1. The second-order valence-electron chi connectivity index (χ2n) is 9.13. The molecule has 0 spiro atoms. The van der Waals surface area contributed by atoms with Gasteiger partial charge in [-0.3, -0.25) is 4.79 Å². The number of carbonyl (C=O) groups is 2. The summed E-state index contributed by atoms with van der Waals surface area (Å²) in [7, 11) is -3.64. The fraction of sp³-hybridized carbons (Fsp3) is 0.370. The van der Waals surface area contributed by atoms with Crippen molar-refractivity contribution >= 4 is 44.8 Å². The summed E-state index contributed by atoms with van der Waals surface area (Å²) in [6.07, 6.45) is 1.49. The maximum Gasteiger partial charge on any atom is 0.328 e. The van der Waals surface area contributed by atoms with Crippen molar-refractivity contribution in [3.05, 3.63) is 80.8 Å². The maximum absolute atomic E-state index is 13.1. The first-order valence-corrected chi connectivity index (χ1v) is 15.1. The molecule has 3 aromatic rings. The summed E-state index contributed by atoms with van der Waals surface area (Å²) in [5, 5.41) is 5.64. The van der Waals surface area contributed by atoms with Crippen LogP contribution in [0.2, 0.25) is 5.02 Å². The summed E-state index contributed by atoms with van der Waals surface area (Å²) < 4.78 is 32.8. The quantitative estimate of drug-likeness (QED) is 0.375. The Bertz CT molecular complexity index is 1390. The van der Waals surface area contributed by atoms with Gasteiger partial charge in [0.2, 0.25) is 10.0 Å². The van der Waals surface area contributed by atoms with Crippen molar-refractivity contribution in [3.63, 3.8) is 0 Å². The van der Waals surface area contributed by atoms with E-state index in [1.165, 1.54) is 21.7 Å². The molecule has 38 heavy (non-hydrogen) atoms. The van der Waals surface area contributed by atoms with Gasteiger partial charge in [0.05, 0.1) is 16.5 Å². The molecule has 1 unspecified atom stereocenters. The first-order valence-electron chi connectivity index (χ1n) is 12.4. The number of hydrogen-bond donors (Lipinski definition) is 1. The predicted octanol–water partition coefficient (Wildman–Crippen LogP) is 4.58. The molecular formula is C27H30ClN3O5S2. The zero-order valence-corrected chi connectivity index (χ0v) is 23.6. The molecule has 1 aromatic heterocycles. The van der Waals surface area contributed by atoms with Crippen molar-refractivity contribution in [1.29, 1.82) is 0 Å². The number of amides is 1. The zero-order valence-electron chi connectivity index (χ0n) is 21.2. The van der Waals surface area contributed by atoms with Crippen molar-refractivity contribution in [2.75, 3.05) is 19.7 Å². The van der Waals surface area contributed by atoms with E-state index in [1.54, 1.807) is 24.4 Å². The van der Waals surface area contributed by atoms with Crippen LogP contribution in [0.1, 0.15) is 52.3 Å². The van der Waals surface area contributed by atoms with Gasteiger partial charge in [0.25, 0.3) is 5.91 Å². The number of halogens is 1. The van der Waals surface area contributed by atoms with Crippen LogP contribution in [-0.2, 0) is 26.0 Å². The average Bonchev–Trinajstić information content (AvgIpc) is 3.41. The Morgan fingerprint density at radius 1 is 1.18 bits per heavy atom. The Morgan fingerprint density at radius 2 is 1.89 bits per heavy atom. The Hall–Kier alpha value is -2.79. The molecule has 0 aliphatic carbocycles. The third-order valence-corrected chi connectivity index (χ3v) is 9.81. The molecule has 1 saturated heterocycles. The van der Waals surface area contributed by atoms with E-state index in [0.717, 1.165) is 16.1 Å². The summed E-state index contributed by atoms with van der Waals surface area (Å²) >= 11 is 7.52. The molecule has 202 valence electrons. The molecule has 1 fully saturated rings. The van der Waals surface area contributed by atoms with Gasteiger partial charge in [-0.2, -0.15) is 4.31 Å². The van der Waals surface area contributed by atoms with Crippen molar-refractivity contribution in [3.8, 4) is 0 Å². The number of piperidine rings is 1. The molecule has 11 heteroatoms. The van der Waals surface area contributed by atoms with Crippen molar-refractivity contribution in [2.45, 2.75) is 50.0 Å². The number of esters is 1. The van der Waals surface area contributed by atoms with E-state index in [0.29, 0.717) is 37.4 Å². The normalized spacial score (nSPS) is 15.7. The van der Waals surface area contributed by atoms with Gasteiger partial charge in [0.1, 0.15) is 11.7 Å². The van der Waals surface area contributed by atoms with Crippen LogP contribution >= 0.6 is 22.9 Å². The van der Waals surface area contributed by atoms with Crippen molar-refractivity contribution in [1.82, 2.24) is 14.6 Å².